The maximum absolute atomic E-state index is 13.4. The molecule has 9 heteroatoms. The average molecular weight is 446 g/mol. The molecule has 0 bridgehead atoms. The number of benzene rings is 2. The minimum Gasteiger partial charge on any atom is -0.494 e. The molecule has 2 heterocycles. The van der Waals surface area contributed by atoms with Gasteiger partial charge in [-0.3, -0.25) is 0 Å². The Bertz CT molecular complexity index is 1300. The highest BCUT2D eigenvalue weighted by atomic mass is 19.1. The molecule has 2 aromatic carbocycles. The van der Waals surface area contributed by atoms with Crippen LogP contribution in [0.4, 0.5) is 21.8 Å². The number of nitrogens with one attached hydrogen (secondary N) is 2. The van der Waals surface area contributed by atoms with E-state index in [4.69, 9.17) is 9.72 Å². The maximum Gasteiger partial charge on any atom is 0.229 e. The molecule has 0 saturated heterocycles. The zero-order valence-corrected chi connectivity index (χ0v) is 18.6. The Hall–Kier alpha value is -4.01. The second-order valence-electron chi connectivity index (χ2n) is 7.88. The van der Waals surface area contributed by atoms with Gasteiger partial charge < -0.3 is 15.4 Å². The van der Waals surface area contributed by atoms with Crippen LogP contribution in [0.3, 0.4) is 0 Å². The van der Waals surface area contributed by atoms with Crippen molar-refractivity contribution in [3.63, 3.8) is 0 Å². The lowest BCUT2D eigenvalue weighted by atomic mass is 9.97. The van der Waals surface area contributed by atoms with E-state index in [-0.39, 0.29) is 11.7 Å². The van der Waals surface area contributed by atoms with Gasteiger partial charge >= 0.3 is 0 Å². The predicted molar refractivity (Wildman–Crippen MR) is 124 cm³/mol. The molecule has 1 unspecified atom stereocenters. The fraction of sp³-hybridized carbons (Fsp3) is 0.250. The zero-order chi connectivity index (χ0) is 22.9. The molecule has 0 saturated carbocycles. The van der Waals surface area contributed by atoms with Gasteiger partial charge in [-0.15, -0.1) is 0 Å². The van der Waals surface area contributed by atoms with Crippen LogP contribution in [0.5, 0.6) is 5.75 Å². The van der Waals surface area contributed by atoms with Crippen molar-refractivity contribution in [2.75, 3.05) is 24.8 Å². The third-order valence-corrected chi connectivity index (χ3v) is 5.94. The highest BCUT2D eigenvalue weighted by Crippen LogP contribution is 2.40. The fourth-order valence-electron chi connectivity index (χ4n) is 4.34. The van der Waals surface area contributed by atoms with Gasteiger partial charge in [0.05, 0.1) is 12.8 Å². The summed E-state index contributed by atoms with van der Waals surface area (Å²) in [4.78, 5) is 13.7. The van der Waals surface area contributed by atoms with Crippen LogP contribution < -0.4 is 15.4 Å². The molecule has 0 spiro atoms. The number of hydrogen-bond acceptors (Lipinski definition) is 7. The Morgan fingerprint density at radius 1 is 1.12 bits per heavy atom. The monoisotopic (exact) mass is 445 g/mol. The summed E-state index contributed by atoms with van der Waals surface area (Å²) in [7, 11) is 3.48. The van der Waals surface area contributed by atoms with Gasteiger partial charge in [-0.05, 0) is 49.6 Å². The number of nitrogens with zero attached hydrogens (tertiary/aromatic N) is 5. The van der Waals surface area contributed by atoms with Gasteiger partial charge in [-0.2, -0.15) is 10.1 Å². The number of methoxy groups -OCH3 is 1. The largest absolute Gasteiger partial charge is 0.494 e. The van der Waals surface area contributed by atoms with E-state index in [1.807, 2.05) is 44.3 Å². The summed E-state index contributed by atoms with van der Waals surface area (Å²) in [6.45, 7) is 1.88. The van der Waals surface area contributed by atoms with Crippen LogP contribution in [0.15, 0.2) is 48.8 Å². The number of aryl methyl sites for hydroxylation is 1. The summed E-state index contributed by atoms with van der Waals surface area (Å²) < 4.78 is 20.7. The standard InChI is InChI=1S/C24H24FN7O/c1-14-27-13-28-32(14)20-11-8-17(12-21(20)33-3)29-24-30-22-18(15-4-6-16(25)7-5-15)9-10-19(22)23(26-2)31-24/h4-8,11-13,18H,9-10H2,1-3H3,(H2,26,29,30,31). The minimum atomic E-state index is -0.239. The molecule has 1 aliphatic rings. The number of hydrogen-bond donors (Lipinski definition) is 2. The Morgan fingerprint density at radius 2 is 1.94 bits per heavy atom. The van der Waals surface area contributed by atoms with Gasteiger partial charge in [-0.1, -0.05) is 12.1 Å². The van der Waals surface area contributed by atoms with Crippen LogP contribution >= 0.6 is 0 Å². The van der Waals surface area contributed by atoms with Crippen LogP contribution in [0.25, 0.3) is 5.69 Å². The summed E-state index contributed by atoms with van der Waals surface area (Å²) in [5.41, 5.74) is 4.69. The van der Waals surface area contributed by atoms with Crippen LogP contribution in [0.1, 0.15) is 35.0 Å². The first-order valence-electron chi connectivity index (χ1n) is 10.7. The zero-order valence-electron chi connectivity index (χ0n) is 18.6. The number of ether oxygens (including phenoxy) is 1. The van der Waals surface area contributed by atoms with E-state index in [1.54, 1.807) is 11.8 Å². The third-order valence-electron chi connectivity index (χ3n) is 5.94. The van der Waals surface area contributed by atoms with Crippen molar-refractivity contribution in [1.82, 2.24) is 24.7 Å². The molecule has 0 fully saturated rings. The van der Waals surface area contributed by atoms with E-state index in [2.05, 4.69) is 25.7 Å². The summed E-state index contributed by atoms with van der Waals surface area (Å²) in [6.07, 6.45) is 3.29. The molecule has 5 rings (SSSR count). The maximum atomic E-state index is 13.4. The molecule has 0 radical (unpaired) electrons. The predicted octanol–water partition coefficient (Wildman–Crippen LogP) is 4.38. The van der Waals surface area contributed by atoms with Crippen molar-refractivity contribution < 1.29 is 9.13 Å². The first-order chi connectivity index (χ1) is 16.1. The van der Waals surface area contributed by atoms with Crippen molar-refractivity contribution in [2.24, 2.45) is 0 Å². The molecule has 2 N–H and O–H groups in total. The summed E-state index contributed by atoms with van der Waals surface area (Å²) in [5.74, 6) is 2.56. The number of halogens is 1. The van der Waals surface area contributed by atoms with Crippen molar-refractivity contribution in [2.45, 2.75) is 25.7 Å². The van der Waals surface area contributed by atoms with E-state index in [0.717, 1.165) is 52.7 Å². The SMILES string of the molecule is CNc1nc(Nc2ccc(-n3ncnc3C)c(OC)c2)nc2c1CCC2c1ccc(F)cc1. The fourth-order valence-corrected chi connectivity index (χ4v) is 4.34. The molecular weight excluding hydrogens is 421 g/mol. The van der Waals surface area contributed by atoms with Gasteiger partial charge in [0.2, 0.25) is 5.95 Å². The summed E-state index contributed by atoms with van der Waals surface area (Å²) in [5, 5.41) is 10.8. The van der Waals surface area contributed by atoms with Gasteiger partial charge in [0.1, 0.15) is 35.2 Å². The van der Waals surface area contributed by atoms with Crippen molar-refractivity contribution in [3.05, 3.63) is 77.3 Å². The van der Waals surface area contributed by atoms with Crippen LogP contribution in [-0.2, 0) is 6.42 Å². The van der Waals surface area contributed by atoms with Crippen molar-refractivity contribution in [3.8, 4) is 11.4 Å². The molecule has 0 aliphatic heterocycles. The summed E-state index contributed by atoms with van der Waals surface area (Å²) >= 11 is 0. The normalized spacial score (nSPS) is 14.7. The lowest BCUT2D eigenvalue weighted by Gasteiger charge is -2.16. The number of fused-ring (bicyclic) bond motifs is 1. The number of rotatable bonds is 6. The van der Waals surface area contributed by atoms with E-state index in [0.29, 0.717) is 11.7 Å². The lowest BCUT2D eigenvalue weighted by molar-refractivity contribution is 0.411. The molecule has 33 heavy (non-hydrogen) atoms. The molecule has 4 aromatic rings. The molecule has 0 amide bonds. The molecule has 8 nitrogen and oxygen atoms in total. The highest BCUT2D eigenvalue weighted by molar-refractivity contribution is 5.64. The highest BCUT2D eigenvalue weighted by Gasteiger charge is 2.29. The topological polar surface area (TPSA) is 89.8 Å². The van der Waals surface area contributed by atoms with Gasteiger partial charge in [0, 0.05) is 30.3 Å². The third kappa shape index (κ3) is 3.86. The second-order valence-corrected chi connectivity index (χ2v) is 7.88. The molecule has 2 aromatic heterocycles. The molecular formula is C24H24FN7O. The first-order valence-corrected chi connectivity index (χ1v) is 10.7. The molecule has 1 aliphatic carbocycles. The number of aromatic nitrogens is 5. The molecule has 1 atom stereocenters. The molecule has 168 valence electrons. The van der Waals surface area contributed by atoms with Crippen molar-refractivity contribution >= 4 is 17.5 Å². The number of anilines is 3. The second kappa shape index (κ2) is 8.50. The van der Waals surface area contributed by atoms with E-state index < -0.39 is 0 Å². The minimum absolute atomic E-state index is 0.100. The Morgan fingerprint density at radius 3 is 2.64 bits per heavy atom. The van der Waals surface area contributed by atoms with Gasteiger partial charge in [0.15, 0.2) is 0 Å². The van der Waals surface area contributed by atoms with Gasteiger partial charge in [0.25, 0.3) is 0 Å². The van der Waals surface area contributed by atoms with Crippen LogP contribution in [0, 0.1) is 12.7 Å². The average Bonchev–Trinajstić information content (AvgIpc) is 3.45. The Kier molecular flexibility index (Phi) is 5.37. The lowest BCUT2D eigenvalue weighted by Crippen LogP contribution is -2.08. The van der Waals surface area contributed by atoms with Gasteiger partial charge in [-0.25, -0.2) is 19.0 Å². The Balaban J connectivity index is 1.49. The quantitative estimate of drug-likeness (QED) is 0.455. The van der Waals surface area contributed by atoms with E-state index in [1.165, 1.54) is 18.5 Å². The van der Waals surface area contributed by atoms with E-state index in [9.17, 15) is 4.39 Å². The van der Waals surface area contributed by atoms with Crippen molar-refractivity contribution in [1.29, 1.82) is 0 Å². The van der Waals surface area contributed by atoms with Crippen LogP contribution in [-0.4, -0.2) is 38.9 Å². The summed E-state index contributed by atoms with van der Waals surface area (Å²) in [6, 6.07) is 12.4. The van der Waals surface area contributed by atoms with E-state index >= 15 is 0 Å². The van der Waals surface area contributed by atoms with Crippen LogP contribution in [0.2, 0.25) is 0 Å². The Labute approximate surface area is 190 Å². The first kappa shape index (κ1) is 20.9. The smallest absolute Gasteiger partial charge is 0.229 e.